The fourth-order valence-electron chi connectivity index (χ4n) is 1.75. The molecule has 0 bridgehead atoms. The van der Waals surface area contributed by atoms with E-state index in [1.165, 1.54) is 36.2 Å². The maximum Gasteiger partial charge on any atom is 0.259 e. The number of para-hydroxylation sites is 1. The molecule has 0 atom stereocenters. The van der Waals surface area contributed by atoms with E-state index >= 15 is 0 Å². The van der Waals surface area contributed by atoms with Crippen molar-refractivity contribution < 1.29 is 9.18 Å². The number of carbonyl (C=O) groups excluding carboxylic acids is 1. The van der Waals surface area contributed by atoms with Gasteiger partial charge in [-0.15, -0.1) is 0 Å². The molecule has 1 N–H and O–H groups in total. The summed E-state index contributed by atoms with van der Waals surface area (Å²) >= 11 is 7.29. The Hall–Kier alpha value is -1.66. The number of benzene rings is 1. The van der Waals surface area contributed by atoms with Gasteiger partial charge in [0.05, 0.1) is 22.0 Å². The first kappa shape index (κ1) is 15.7. The molecule has 0 saturated heterocycles. The van der Waals surface area contributed by atoms with Crippen LogP contribution in [0.5, 0.6) is 0 Å². The van der Waals surface area contributed by atoms with Crippen molar-refractivity contribution >= 4 is 35.0 Å². The number of hydrogen-bond acceptors (Lipinski definition) is 4. The van der Waals surface area contributed by atoms with Crippen LogP contribution in [-0.4, -0.2) is 22.1 Å². The number of rotatable bonds is 4. The van der Waals surface area contributed by atoms with Gasteiger partial charge in [0.25, 0.3) is 5.91 Å². The zero-order chi connectivity index (χ0) is 15.4. The second-order valence-electron chi connectivity index (χ2n) is 4.12. The molecule has 0 unspecified atom stereocenters. The molecule has 1 aromatic carbocycles. The zero-order valence-corrected chi connectivity index (χ0v) is 13.1. The lowest BCUT2D eigenvalue weighted by Crippen LogP contribution is -2.17. The quantitative estimate of drug-likeness (QED) is 0.686. The van der Waals surface area contributed by atoms with Crippen molar-refractivity contribution in [2.24, 2.45) is 0 Å². The largest absolute Gasteiger partial charge is 0.318 e. The number of carbonyl (C=O) groups is 1. The summed E-state index contributed by atoms with van der Waals surface area (Å²) in [5, 5.41) is 3.21. The lowest BCUT2D eigenvalue weighted by atomic mass is 10.1. The van der Waals surface area contributed by atoms with Gasteiger partial charge in [0, 0.05) is 6.20 Å². The minimum absolute atomic E-state index is 0.0415. The van der Waals surface area contributed by atoms with E-state index in [-0.39, 0.29) is 10.7 Å². The van der Waals surface area contributed by atoms with E-state index in [4.69, 9.17) is 11.6 Å². The van der Waals surface area contributed by atoms with Gasteiger partial charge in [0.2, 0.25) is 0 Å². The molecule has 0 fully saturated rings. The van der Waals surface area contributed by atoms with Crippen molar-refractivity contribution in [3.05, 3.63) is 46.5 Å². The number of nitrogens with one attached hydrogen (secondary N) is 1. The number of anilines is 1. The lowest BCUT2D eigenvalue weighted by Gasteiger charge is -2.10. The first-order valence-corrected chi connectivity index (χ1v) is 7.82. The standard InChI is InChI=1S/C14H13ClFN3OS/c1-3-11-8(7-17-14(18-11)21-2)13(20)19-12-9(15)5-4-6-10(12)16/h4-7H,3H2,1-2H3,(H,19,20). The Labute approximate surface area is 131 Å². The molecule has 1 aromatic heterocycles. The summed E-state index contributed by atoms with van der Waals surface area (Å²) in [6.45, 7) is 1.89. The lowest BCUT2D eigenvalue weighted by molar-refractivity contribution is 0.102. The summed E-state index contributed by atoms with van der Waals surface area (Å²) < 4.78 is 13.7. The van der Waals surface area contributed by atoms with Gasteiger partial charge in [-0.1, -0.05) is 36.4 Å². The fourth-order valence-corrected chi connectivity index (χ4v) is 2.32. The van der Waals surface area contributed by atoms with E-state index in [0.29, 0.717) is 22.8 Å². The number of nitrogens with zero attached hydrogens (tertiary/aromatic N) is 2. The van der Waals surface area contributed by atoms with Crippen molar-refractivity contribution in [2.75, 3.05) is 11.6 Å². The van der Waals surface area contributed by atoms with E-state index in [1.807, 2.05) is 13.2 Å². The Kier molecular flexibility index (Phi) is 5.14. The minimum Gasteiger partial charge on any atom is -0.318 e. The van der Waals surface area contributed by atoms with Gasteiger partial charge in [-0.3, -0.25) is 4.79 Å². The van der Waals surface area contributed by atoms with Crippen LogP contribution in [0.15, 0.2) is 29.6 Å². The van der Waals surface area contributed by atoms with Crippen LogP contribution < -0.4 is 5.32 Å². The smallest absolute Gasteiger partial charge is 0.259 e. The first-order valence-electron chi connectivity index (χ1n) is 6.22. The molecule has 21 heavy (non-hydrogen) atoms. The predicted molar refractivity (Wildman–Crippen MR) is 82.6 cm³/mol. The van der Waals surface area contributed by atoms with Crippen LogP contribution in [0.2, 0.25) is 5.02 Å². The topological polar surface area (TPSA) is 54.9 Å². The molecule has 0 spiro atoms. The van der Waals surface area contributed by atoms with Gasteiger partial charge < -0.3 is 5.32 Å². The first-order chi connectivity index (χ1) is 10.1. The Morgan fingerprint density at radius 2 is 2.24 bits per heavy atom. The second kappa shape index (κ2) is 6.87. The third kappa shape index (κ3) is 3.51. The second-order valence-corrected chi connectivity index (χ2v) is 5.30. The highest BCUT2D eigenvalue weighted by atomic mass is 35.5. The van der Waals surface area contributed by atoms with Crippen LogP contribution in [0.3, 0.4) is 0 Å². The van der Waals surface area contributed by atoms with Crippen molar-refractivity contribution in [3.63, 3.8) is 0 Å². The average Bonchev–Trinajstić information content (AvgIpc) is 2.50. The van der Waals surface area contributed by atoms with Crippen molar-refractivity contribution in [3.8, 4) is 0 Å². The van der Waals surface area contributed by atoms with Crippen molar-refractivity contribution in [1.82, 2.24) is 9.97 Å². The number of halogens is 2. The Balaban J connectivity index is 2.32. The van der Waals surface area contributed by atoms with Gasteiger partial charge in [-0.2, -0.15) is 0 Å². The third-order valence-corrected chi connectivity index (χ3v) is 3.69. The molecular weight excluding hydrogens is 313 g/mol. The molecule has 0 saturated carbocycles. The van der Waals surface area contributed by atoms with Crippen molar-refractivity contribution in [1.29, 1.82) is 0 Å². The summed E-state index contributed by atoms with van der Waals surface area (Å²) in [4.78, 5) is 20.6. The summed E-state index contributed by atoms with van der Waals surface area (Å²) in [6.07, 6.45) is 3.87. The summed E-state index contributed by atoms with van der Waals surface area (Å²) in [6, 6.07) is 4.21. The van der Waals surface area contributed by atoms with E-state index < -0.39 is 11.7 Å². The zero-order valence-electron chi connectivity index (χ0n) is 11.5. The number of amides is 1. The van der Waals surface area contributed by atoms with E-state index in [1.54, 1.807) is 0 Å². The van der Waals surface area contributed by atoms with Crippen LogP contribution >= 0.6 is 23.4 Å². The SMILES string of the molecule is CCc1nc(SC)ncc1C(=O)Nc1c(F)cccc1Cl. The average molecular weight is 326 g/mol. The molecule has 0 aliphatic heterocycles. The molecule has 7 heteroatoms. The molecule has 0 aliphatic rings. The van der Waals surface area contributed by atoms with Crippen molar-refractivity contribution in [2.45, 2.75) is 18.5 Å². The molecule has 0 radical (unpaired) electrons. The summed E-state index contributed by atoms with van der Waals surface area (Å²) in [7, 11) is 0. The highest BCUT2D eigenvalue weighted by Gasteiger charge is 2.16. The highest BCUT2D eigenvalue weighted by molar-refractivity contribution is 7.98. The van der Waals surface area contributed by atoms with Gasteiger partial charge >= 0.3 is 0 Å². The molecule has 4 nitrogen and oxygen atoms in total. The maximum atomic E-state index is 13.7. The molecular formula is C14H13ClFN3OS. The monoisotopic (exact) mass is 325 g/mol. The molecule has 110 valence electrons. The number of aryl methyl sites for hydroxylation is 1. The highest BCUT2D eigenvalue weighted by Crippen LogP contribution is 2.25. The normalized spacial score (nSPS) is 10.5. The number of aromatic nitrogens is 2. The van der Waals surface area contributed by atoms with Gasteiger partial charge in [0.1, 0.15) is 5.82 Å². The van der Waals surface area contributed by atoms with E-state index in [9.17, 15) is 9.18 Å². The van der Waals surface area contributed by atoms with Gasteiger partial charge in [-0.05, 0) is 24.8 Å². The van der Waals surface area contributed by atoms with E-state index in [0.717, 1.165) is 0 Å². The number of thioether (sulfide) groups is 1. The predicted octanol–water partition coefficient (Wildman–Crippen LogP) is 3.81. The van der Waals surface area contributed by atoms with Gasteiger partial charge in [-0.25, -0.2) is 14.4 Å². The molecule has 1 amide bonds. The Bertz CT molecular complexity index is 661. The molecule has 0 aliphatic carbocycles. The summed E-state index contributed by atoms with van der Waals surface area (Å²) in [5.74, 6) is -1.07. The van der Waals surface area contributed by atoms with Crippen LogP contribution in [-0.2, 0) is 6.42 Å². The molecule has 2 aromatic rings. The Morgan fingerprint density at radius 3 is 2.86 bits per heavy atom. The number of hydrogen-bond donors (Lipinski definition) is 1. The van der Waals surface area contributed by atoms with Crippen LogP contribution in [0.1, 0.15) is 23.0 Å². The van der Waals surface area contributed by atoms with Crippen LogP contribution in [0.25, 0.3) is 0 Å². The van der Waals surface area contributed by atoms with Crippen LogP contribution in [0.4, 0.5) is 10.1 Å². The van der Waals surface area contributed by atoms with Gasteiger partial charge in [0.15, 0.2) is 5.16 Å². The molecule has 2 rings (SSSR count). The fraction of sp³-hybridized carbons (Fsp3) is 0.214. The molecule has 1 heterocycles. The maximum absolute atomic E-state index is 13.7. The Morgan fingerprint density at radius 1 is 1.48 bits per heavy atom. The minimum atomic E-state index is -0.587. The summed E-state index contributed by atoms with van der Waals surface area (Å²) in [5.41, 5.74) is 0.883. The van der Waals surface area contributed by atoms with Crippen LogP contribution in [0, 0.1) is 5.82 Å². The van der Waals surface area contributed by atoms with E-state index in [2.05, 4.69) is 15.3 Å². The third-order valence-electron chi connectivity index (χ3n) is 2.81.